The summed E-state index contributed by atoms with van der Waals surface area (Å²) in [5.41, 5.74) is -0.925. The van der Waals surface area contributed by atoms with Gasteiger partial charge in [-0.25, -0.2) is 13.1 Å². The SMILES string of the molecule is O=C(NS(=O)(=O)C(CO)c1ccc(C(F)(F)F)cc1)c1ccc(CO)nc1. The lowest BCUT2D eigenvalue weighted by atomic mass is 10.1. The van der Waals surface area contributed by atoms with Gasteiger partial charge in [-0.2, -0.15) is 13.2 Å². The molecule has 7 nitrogen and oxygen atoms in total. The van der Waals surface area contributed by atoms with Crippen LogP contribution in [0.2, 0.25) is 0 Å². The van der Waals surface area contributed by atoms with E-state index in [0.717, 1.165) is 18.3 Å². The minimum absolute atomic E-state index is 0.111. The first-order valence-electron chi connectivity index (χ1n) is 7.48. The summed E-state index contributed by atoms with van der Waals surface area (Å²) in [6.07, 6.45) is -3.53. The molecule has 0 radical (unpaired) electrons. The number of aliphatic hydroxyl groups is 2. The Bertz CT molecular complexity index is 897. The molecule has 27 heavy (non-hydrogen) atoms. The van der Waals surface area contributed by atoms with Gasteiger partial charge < -0.3 is 10.2 Å². The molecule has 0 bridgehead atoms. The second kappa shape index (κ2) is 8.03. The van der Waals surface area contributed by atoms with E-state index in [9.17, 15) is 31.5 Å². The van der Waals surface area contributed by atoms with E-state index in [1.807, 2.05) is 0 Å². The average molecular weight is 404 g/mol. The van der Waals surface area contributed by atoms with Gasteiger partial charge >= 0.3 is 6.18 Å². The minimum Gasteiger partial charge on any atom is -0.395 e. The number of aromatic nitrogens is 1. The Hall–Kier alpha value is -2.50. The lowest BCUT2D eigenvalue weighted by molar-refractivity contribution is -0.137. The molecule has 0 saturated heterocycles. The molecular formula is C16H15F3N2O5S. The van der Waals surface area contributed by atoms with Gasteiger partial charge in [0.2, 0.25) is 10.0 Å². The summed E-state index contributed by atoms with van der Waals surface area (Å²) in [5.74, 6) is -1.03. The predicted octanol–water partition coefficient (Wildman–Crippen LogP) is 1.39. The van der Waals surface area contributed by atoms with Gasteiger partial charge in [0.15, 0.2) is 0 Å². The number of sulfonamides is 1. The number of benzene rings is 1. The number of nitrogens with one attached hydrogen (secondary N) is 1. The Morgan fingerprint density at radius 2 is 1.74 bits per heavy atom. The van der Waals surface area contributed by atoms with E-state index in [1.54, 1.807) is 4.72 Å². The van der Waals surface area contributed by atoms with E-state index in [0.29, 0.717) is 12.1 Å². The summed E-state index contributed by atoms with van der Waals surface area (Å²) in [6.45, 7) is -1.31. The molecule has 146 valence electrons. The second-order valence-electron chi connectivity index (χ2n) is 5.46. The summed E-state index contributed by atoms with van der Waals surface area (Å²) in [5, 5.41) is 16.7. The van der Waals surface area contributed by atoms with Crippen molar-refractivity contribution in [2.24, 2.45) is 0 Å². The van der Waals surface area contributed by atoms with Gasteiger partial charge in [0, 0.05) is 6.20 Å². The molecular weight excluding hydrogens is 389 g/mol. The van der Waals surface area contributed by atoms with Crippen LogP contribution in [0, 0.1) is 0 Å². The smallest absolute Gasteiger partial charge is 0.395 e. The zero-order chi connectivity index (χ0) is 20.2. The van der Waals surface area contributed by atoms with Crippen LogP contribution in [0.15, 0.2) is 42.6 Å². The standard InChI is InChI=1S/C16H15F3N2O5S/c17-16(18,19)12-4-1-10(2-5-12)14(9-23)27(25,26)21-15(24)11-3-6-13(8-22)20-7-11/h1-7,14,22-23H,8-9H2,(H,21,24). The normalized spacial score (nSPS) is 13.2. The quantitative estimate of drug-likeness (QED) is 0.670. The van der Waals surface area contributed by atoms with Crippen molar-refractivity contribution in [3.05, 3.63) is 65.0 Å². The number of pyridine rings is 1. The zero-order valence-corrected chi connectivity index (χ0v) is 14.5. The maximum atomic E-state index is 12.6. The highest BCUT2D eigenvalue weighted by Crippen LogP contribution is 2.31. The largest absolute Gasteiger partial charge is 0.416 e. The Labute approximate surface area is 152 Å². The van der Waals surface area contributed by atoms with E-state index >= 15 is 0 Å². The number of nitrogens with zero attached hydrogens (tertiary/aromatic N) is 1. The molecule has 1 amide bonds. The number of halogens is 3. The van der Waals surface area contributed by atoms with Crippen molar-refractivity contribution in [3.8, 4) is 0 Å². The fraction of sp³-hybridized carbons (Fsp3) is 0.250. The van der Waals surface area contributed by atoms with Crippen LogP contribution in [-0.2, 0) is 22.8 Å². The van der Waals surface area contributed by atoms with Crippen molar-refractivity contribution in [3.63, 3.8) is 0 Å². The monoisotopic (exact) mass is 404 g/mol. The first kappa shape index (κ1) is 20.8. The van der Waals surface area contributed by atoms with Gasteiger partial charge in [0.25, 0.3) is 5.91 Å². The molecule has 0 spiro atoms. The lowest BCUT2D eigenvalue weighted by Gasteiger charge is -2.17. The zero-order valence-electron chi connectivity index (χ0n) is 13.6. The van der Waals surface area contributed by atoms with E-state index in [2.05, 4.69) is 4.98 Å². The van der Waals surface area contributed by atoms with Crippen molar-refractivity contribution in [1.82, 2.24) is 9.71 Å². The van der Waals surface area contributed by atoms with E-state index in [1.165, 1.54) is 12.1 Å². The summed E-state index contributed by atoms with van der Waals surface area (Å²) < 4.78 is 64.3. The minimum atomic E-state index is -4.59. The van der Waals surface area contributed by atoms with Crippen LogP contribution in [0.25, 0.3) is 0 Å². The summed E-state index contributed by atoms with van der Waals surface area (Å²) in [7, 11) is -4.44. The third kappa shape index (κ3) is 5.02. The van der Waals surface area contributed by atoms with E-state index in [-0.39, 0.29) is 23.4 Å². The molecule has 2 aromatic rings. The number of rotatable bonds is 6. The van der Waals surface area contributed by atoms with Crippen LogP contribution >= 0.6 is 0 Å². The van der Waals surface area contributed by atoms with Crippen molar-refractivity contribution in [2.45, 2.75) is 18.0 Å². The van der Waals surface area contributed by atoms with Gasteiger partial charge in [-0.15, -0.1) is 0 Å². The predicted molar refractivity (Wildman–Crippen MR) is 87.8 cm³/mol. The summed E-state index contributed by atoms with van der Waals surface area (Å²) in [6, 6.07) is 5.78. The van der Waals surface area contributed by atoms with E-state index in [4.69, 9.17) is 5.11 Å². The Balaban J connectivity index is 2.22. The fourth-order valence-corrected chi connectivity index (χ4v) is 3.41. The first-order valence-corrected chi connectivity index (χ1v) is 9.03. The number of carbonyl (C=O) groups excluding carboxylic acids is 1. The highest BCUT2D eigenvalue weighted by atomic mass is 32.2. The molecule has 1 heterocycles. The molecule has 0 aliphatic carbocycles. The van der Waals surface area contributed by atoms with E-state index < -0.39 is 39.5 Å². The summed E-state index contributed by atoms with van der Waals surface area (Å²) >= 11 is 0. The first-order chi connectivity index (χ1) is 12.6. The van der Waals surface area contributed by atoms with Crippen molar-refractivity contribution >= 4 is 15.9 Å². The molecule has 1 atom stereocenters. The average Bonchev–Trinajstić information content (AvgIpc) is 2.61. The number of amides is 1. The topological polar surface area (TPSA) is 117 Å². The van der Waals surface area contributed by atoms with Crippen LogP contribution in [0.4, 0.5) is 13.2 Å². The third-order valence-electron chi connectivity index (χ3n) is 3.63. The lowest BCUT2D eigenvalue weighted by Crippen LogP contribution is -2.35. The fourth-order valence-electron chi connectivity index (χ4n) is 2.18. The maximum absolute atomic E-state index is 12.6. The van der Waals surface area contributed by atoms with Crippen LogP contribution in [0.3, 0.4) is 0 Å². The number of hydrogen-bond acceptors (Lipinski definition) is 6. The second-order valence-corrected chi connectivity index (χ2v) is 7.33. The van der Waals surface area contributed by atoms with Crippen molar-refractivity contribution in [2.75, 3.05) is 6.61 Å². The van der Waals surface area contributed by atoms with Gasteiger partial charge in [0.1, 0.15) is 5.25 Å². The molecule has 2 rings (SSSR count). The molecule has 0 aliphatic heterocycles. The molecule has 3 N–H and O–H groups in total. The molecule has 0 saturated carbocycles. The molecule has 0 aliphatic rings. The van der Waals surface area contributed by atoms with Gasteiger partial charge in [-0.05, 0) is 29.8 Å². The number of aliphatic hydroxyl groups excluding tert-OH is 2. The van der Waals surface area contributed by atoms with Crippen LogP contribution in [0.1, 0.15) is 32.4 Å². The van der Waals surface area contributed by atoms with Gasteiger partial charge in [-0.3, -0.25) is 9.78 Å². The Morgan fingerprint density at radius 3 is 2.19 bits per heavy atom. The maximum Gasteiger partial charge on any atom is 0.416 e. The van der Waals surface area contributed by atoms with Gasteiger partial charge in [-0.1, -0.05) is 12.1 Å². The van der Waals surface area contributed by atoms with Crippen LogP contribution < -0.4 is 4.72 Å². The molecule has 1 aromatic carbocycles. The van der Waals surface area contributed by atoms with Crippen LogP contribution in [0.5, 0.6) is 0 Å². The number of carbonyl (C=O) groups is 1. The molecule has 1 unspecified atom stereocenters. The highest BCUT2D eigenvalue weighted by Gasteiger charge is 2.32. The van der Waals surface area contributed by atoms with Crippen LogP contribution in [-0.4, -0.2) is 36.1 Å². The molecule has 0 fully saturated rings. The number of alkyl halides is 3. The molecule has 1 aromatic heterocycles. The third-order valence-corrected chi connectivity index (χ3v) is 5.27. The summed E-state index contributed by atoms with van der Waals surface area (Å²) in [4.78, 5) is 15.8. The Kier molecular flexibility index (Phi) is 6.19. The number of hydrogen-bond donors (Lipinski definition) is 3. The molecule has 11 heteroatoms. The van der Waals surface area contributed by atoms with Crippen molar-refractivity contribution < 1.29 is 36.6 Å². The van der Waals surface area contributed by atoms with Crippen molar-refractivity contribution in [1.29, 1.82) is 0 Å². The highest BCUT2D eigenvalue weighted by molar-refractivity contribution is 7.90. The van der Waals surface area contributed by atoms with Gasteiger partial charge in [0.05, 0.1) is 30.0 Å². The Morgan fingerprint density at radius 1 is 1.11 bits per heavy atom.